The van der Waals surface area contributed by atoms with Crippen LogP contribution in [0.3, 0.4) is 0 Å². The number of hydrogen-bond donors (Lipinski definition) is 1. The second-order valence-electron chi connectivity index (χ2n) is 9.18. The Balaban J connectivity index is 1.17. The quantitative estimate of drug-likeness (QED) is 0.794. The maximum Gasteiger partial charge on any atom is 0.325 e. The number of rotatable bonds is 5. The number of ether oxygens (including phenoxy) is 1. The SMILES string of the molecule is O=C(CNC(=O)C12CC3CC(CC(C3)C1)C2)OCc1cccc2ccccc12. The van der Waals surface area contributed by atoms with Gasteiger partial charge in [-0.1, -0.05) is 42.5 Å². The summed E-state index contributed by atoms with van der Waals surface area (Å²) in [4.78, 5) is 25.2. The maximum absolute atomic E-state index is 12.9. The van der Waals surface area contributed by atoms with Crippen LogP contribution in [0.1, 0.15) is 44.1 Å². The third kappa shape index (κ3) is 3.19. The molecule has 0 aromatic heterocycles. The fourth-order valence-electron chi connectivity index (χ4n) is 6.36. The predicted molar refractivity (Wildman–Crippen MR) is 107 cm³/mol. The van der Waals surface area contributed by atoms with Crippen molar-refractivity contribution in [3.8, 4) is 0 Å². The number of amides is 1. The van der Waals surface area contributed by atoms with Gasteiger partial charge in [-0.05, 0) is 72.6 Å². The maximum atomic E-state index is 12.9. The Bertz CT molecular complexity index is 878. The molecule has 4 nitrogen and oxygen atoms in total. The van der Waals surface area contributed by atoms with Gasteiger partial charge in [-0.15, -0.1) is 0 Å². The number of hydrogen-bond acceptors (Lipinski definition) is 3. The lowest BCUT2D eigenvalue weighted by molar-refractivity contribution is -0.151. The zero-order chi connectivity index (χ0) is 19.1. The van der Waals surface area contributed by atoms with E-state index in [0.717, 1.165) is 53.4 Å². The van der Waals surface area contributed by atoms with Crippen LogP contribution in [0, 0.1) is 23.2 Å². The molecule has 0 aliphatic heterocycles. The van der Waals surface area contributed by atoms with E-state index in [1.54, 1.807) is 0 Å². The summed E-state index contributed by atoms with van der Waals surface area (Å²) in [5.74, 6) is 1.86. The third-order valence-electron chi connectivity index (χ3n) is 7.18. The van der Waals surface area contributed by atoms with Gasteiger partial charge >= 0.3 is 5.97 Å². The number of nitrogens with one attached hydrogen (secondary N) is 1. The summed E-state index contributed by atoms with van der Waals surface area (Å²) in [6.45, 7) is 0.193. The van der Waals surface area contributed by atoms with Gasteiger partial charge < -0.3 is 10.1 Å². The van der Waals surface area contributed by atoms with Crippen molar-refractivity contribution in [1.82, 2.24) is 5.32 Å². The second-order valence-corrected chi connectivity index (χ2v) is 9.18. The van der Waals surface area contributed by atoms with Crippen LogP contribution in [0.4, 0.5) is 0 Å². The fraction of sp³-hybridized carbons (Fsp3) is 0.500. The zero-order valence-corrected chi connectivity index (χ0v) is 16.2. The van der Waals surface area contributed by atoms with Crippen molar-refractivity contribution in [1.29, 1.82) is 0 Å². The van der Waals surface area contributed by atoms with E-state index in [2.05, 4.69) is 5.32 Å². The Morgan fingerprint density at radius 1 is 0.929 bits per heavy atom. The van der Waals surface area contributed by atoms with E-state index < -0.39 is 0 Å². The van der Waals surface area contributed by atoms with Gasteiger partial charge in [0.2, 0.25) is 5.91 Å². The lowest BCUT2D eigenvalue weighted by Crippen LogP contribution is -2.54. The second kappa shape index (κ2) is 6.91. The summed E-state index contributed by atoms with van der Waals surface area (Å²) < 4.78 is 5.45. The van der Waals surface area contributed by atoms with Crippen molar-refractivity contribution in [2.75, 3.05) is 6.54 Å². The van der Waals surface area contributed by atoms with Crippen LogP contribution in [-0.4, -0.2) is 18.4 Å². The van der Waals surface area contributed by atoms with Crippen molar-refractivity contribution in [3.63, 3.8) is 0 Å². The molecular weight excluding hydrogens is 350 g/mol. The summed E-state index contributed by atoms with van der Waals surface area (Å²) >= 11 is 0. The molecule has 0 unspecified atom stereocenters. The van der Waals surface area contributed by atoms with E-state index in [4.69, 9.17) is 4.74 Å². The highest BCUT2D eigenvalue weighted by Gasteiger charge is 2.54. The van der Waals surface area contributed by atoms with Gasteiger partial charge in [0, 0.05) is 5.41 Å². The molecule has 4 aliphatic carbocycles. The third-order valence-corrected chi connectivity index (χ3v) is 7.18. The molecule has 146 valence electrons. The molecule has 2 aromatic rings. The number of carbonyl (C=O) groups is 2. The summed E-state index contributed by atoms with van der Waals surface area (Å²) in [7, 11) is 0. The molecule has 0 saturated heterocycles. The first-order valence-electron chi connectivity index (χ1n) is 10.5. The normalized spacial score (nSPS) is 30.4. The van der Waals surface area contributed by atoms with Gasteiger partial charge in [0.1, 0.15) is 13.2 Å². The zero-order valence-electron chi connectivity index (χ0n) is 16.2. The largest absolute Gasteiger partial charge is 0.459 e. The summed E-state index contributed by atoms with van der Waals surface area (Å²) in [6, 6.07) is 14.1. The van der Waals surface area contributed by atoms with E-state index in [0.29, 0.717) is 0 Å². The van der Waals surface area contributed by atoms with E-state index in [1.165, 1.54) is 19.3 Å². The molecule has 0 heterocycles. The highest BCUT2D eigenvalue weighted by molar-refractivity contribution is 5.87. The van der Waals surface area contributed by atoms with Gasteiger partial charge in [-0.2, -0.15) is 0 Å². The number of carbonyl (C=O) groups excluding carboxylic acids is 2. The minimum Gasteiger partial charge on any atom is -0.459 e. The molecule has 4 aliphatic rings. The first-order chi connectivity index (χ1) is 13.6. The molecule has 1 amide bonds. The first kappa shape index (κ1) is 17.7. The van der Waals surface area contributed by atoms with E-state index in [-0.39, 0.29) is 30.4 Å². The Hall–Kier alpha value is -2.36. The number of fused-ring (bicyclic) bond motifs is 1. The Kier molecular flexibility index (Phi) is 4.37. The molecular formula is C24H27NO3. The monoisotopic (exact) mass is 377 g/mol. The predicted octanol–water partition coefficient (Wildman–Crippen LogP) is 4.22. The molecule has 0 atom stereocenters. The minimum absolute atomic E-state index is 0.0364. The lowest BCUT2D eigenvalue weighted by Gasteiger charge is -2.55. The highest BCUT2D eigenvalue weighted by atomic mass is 16.5. The molecule has 0 radical (unpaired) electrons. The molecule has 2 aromatic carbocycles. The van der Waals surface area contributed by atoms with Crippen LogP contribution in [0.25, 0.3) is 10.8 Å². The van der Waals surface area contributed by atoms with E-state index in [9.17, 15) is 9.59 Å². The molecule has 6 rings (SSSR count). The molecule has 4 heteroatoms. The van der Waals surface area contributed by atoms with E-state index >= 15 is 0 Å². The fourth-order valence-corrected chi connectivity index (χ4v) is 6.36. The minimum atomic E-state index is -0.369. The van der Waals surface area contributed by atoms with E-state index in [1.807, 2.05) is 42.5 Å². The van der Waals surface area contributed by atoms with Crippen molar-refractivity contribution in [2.45, 2.75) is 45.1 Å². The van der Waals surface area contributed by atoms with Crippen LogP contribution in [0.5, 0.6) is 0 Å². The molecule has 0 spiro atoms. The van der Waals surface area contributed by atoms with Gasteiger partial charge in [0.05, 0.1) is 0 Å². The van der Waals surface area contributed by atoms with Crippen LogP contribution in [0.2, 0.25) is 0 Å². The van der Waals surface area contributed by atoms with Gasteiger partial charge in [0.15, 0.2) is 0 Å². The molecule has 28 heavy (non-hydrogen) atoms. The Morgan fingerprint density at radius 2 is 1.57 bits per heavy atom. The highest BCUT2D eigenvalue weighted by Crippen LogP contribution is 2.60. The molecule has 4 bridgehead atoms. The summed E-state index contributed by atoms with van der Waals surface area (Å²) in [6.07, 6.45) is 6.94. The van der Waals surface area contributed by atoms with Crippen molar-refractivity contribution >= 4 is 22.6 Å². The Labute approximate surface area is 165 Å². The molecule has 4 saturated carbocycles. The number of benzene rings is 2. The molecule has 1 N–H and O–H groups in total. The van der Waals surface area contributed by atoms with Gasteiger partial charge in [-0.3, -0.25) is 9.59 Å². The lowest BCUT2D eigenvalue weighted by atomic mass is 9.49. The van der Waals surface area contributed by atoms with Crippen LogP contribution in [-0.2, 0) is 20.9 Å². The average molecular weight is 377 g/mol. The van der Waals surface area contributed by atoms with Crippen LogP contribution < -0.4 is 5.32 Å². The smallest absolute Gasteiger partial charge is 0.325 e. The van der Waals surface area contributed by atoms with Crippen molar-refractivity contribution in [2.24, 2.45) is 23.2 Å². The standard InChI is InChI=1S/C24H27NO3/c26-22(28-15-20-6-3-5-19-4-1-2-7-21(19)20)14-25-23(27)24-11-16-8-17(12-24)10-18(9-16)13-24/h1-7,16-18H,8-15H2,(H,25,27). The summed E-state index contributed by atoms with van der Waals surface area (Å²) in [5, 5.41) is 5.12. The van der Waals surface area contributed by atoms with Crippen LogP contribution in [0.15, 0.2) is 42.5 Å². The van der Waals surface area contributed by atoms with Gasteiger partial charge in [0.25, 0.3) is 0 Å². The van der Waals surface area contributed by atoms with Crippen LogP contribution >= 0.6 is 0 Å². The first-order valence-corrected chi connectivity index (χ1v) is 10.5. The number of esters is 1. The topological polar surface area (TPSA) is 55.4 Å². The summed E-state index contributed by atoms with van der Waals surface area (Å²) in [5.41, 5.74) is 0.767. The van der Waals surface area contributed by atoms with Gasteiger partial charge in [-0.25, -0.2) is 0 Å². The van der Waals surface area contributed by atoms with Crippen molar-refractivity contribution in [3.05, 3.63) is 48.0 Å². The van der Waals surface area contributed by atoms with Crippen molar-refractivity contribution < 1.29 is 14.3 Å². The Morgan fingerprint density at radius 3 is 2.29 bits per heavy atom. The average Bonchev–Trinajstić information content (AvgIpc) is 2.69. The molecule has 4 fully saturated rings.